The SMILES string of the molecule is CCCCCCCC/C=C\CCCCCC(=O)NC(COP(=O)(O)OCC[N+](C)(C)C)C(/C=C\CCCCCCCCCCCC)OC(=O)CCCCCCCCCCCCCCC/C=C/CCCCCCCC. The maximum absolute atomic E-state index is 13.5. The van der Waals surface area contributed by atoms with Crippen molar-refractivity contribution in [2.75, 3.05) is 40.9 Å². The largest absolute Gasteiger partial charge is 0.472 e. The molecule has 0 aromatic carbocycles. The Morgan fingerprint density at radius 3 is 1.16 bits per heavy atom. The van der Waals surface area contributed by atoms with Crippen LogP contribution < -0.4 is 5.32 Å². The van der Waals surface area contributed by atoms with Crippen molar-refractivity contribution in [2.45, 2.75) is 322 Å². The third-order valence-corrected chi connectivity index (χ3v) is 15.3. The van der Waals surface area contributed by atoms with Gasteiger partial charge in [-0.25, -0.2) is 4.57 Å². The number of unbranched alkanes of at least 4 members (excludes halogenated alkanes) is 38. The second kappa shape index (κ2) is 54.6. The van der Waals surface area contributed by atoms with Gasteiger partial charge in [0.25, 0.3) is 0 Å². The lowest BCUT2D eigenvalue weighted by Crippen LogP contribution is -2.47. The maximum atomic E-state index is 13.5. The van der Waals surface area contributed by atoms with Crippen molar-refractivity contribution >= 4 is 19.7 Å². The molecule has 74 heavy (non-hydrogen) atoms. The first-order valence-corrected chi connectivity index (χ1v) is 33.3. The standard InChI is InChI=1S/C64H123N2O7P/c1-7-10-13-16-19-22-25-28-29-30-31-32-33-34-35-36-37-39-42-45-48-51-54-57-64(68)73-62(55-52-49-46-43-40-27-24-21-18-15-12-9-3)61(60-72-74(69,70)71-59-58-66(4,5)6)65-63(67)56-53-50-47-44-41-38-26-23-20-17-14-11-8-2/h28-29,38,41,52,55,61-62H,7-27,30-37,39-40,42-51,53-54,56-60H2,1-6H3,(H-,65,67,69,70)/p+1/b29-28+,41-38-,55-52-. The van der Waals surface area contributed by atoms with E-state index in [1.165, 1.54) is 205 Å². The lowest BCUT2D eigenvalue weighted by Gasteiger charge is -2.27. The molecule has 0 heterocycles. The monoisotopic (exact) mass is 1060 g/mol. The number of allylic oxidation sites excluding steroid dienone is 5. The first-order valence-electron chi connectivity index (χ1n) is 31.8. The molecule has 0 aromatic rings. The van der Waals surface area contributed by atoms with Crippen LogP contribution in [0, 0.1) is 0 Å². The van der Waals surface area contributed by atoms with Gasteiger partial charge in [-0.3, -0.25) is 18.6 Å². The van der Waals surface area contributed by atoms with Crippen molar-refractivity contribution in [2.24, 2.45) is 0 Å². The summed E-state index contributed by atoms with van der Waals surface area (Å²) in [6.07, 6.45) is 65.8. The Morgan fingerprint density at radius 1 is 0.459 bits per heavy atom. The van der Waals surface area contributed by atoms with Crippen molar-refractivity contribution in [3.8, 4) is 0 Å². The summed E-state index contributed by atoms with van der Waals surface area (Å²) in [5.74, 6) is -0.513. The van der Waals surface area contributed by atoms with Crippen LogP contribution in [-0.4, -0.2) is 74.3 Å². The van der Waals surface area contributed by atoms with E-state index in [1.807, 2.05) is 33.3 Å². The number of rotatable bonds is 58. The average molecular weight is 1060 g/mol. The summed E-state index contributed by atoms with van der Waals surface area (Å²) in [5.41, 5.74) is 0. The van der Waals surface area contributed by atoms with E-state index in [-0.39, 0.29) is 25.1 Å². The van der Waals surface area contributed by atoms with Crippen LogP contribution in [0.3, 0.4) is 0 Å². The van der Waals surface area contributed by atoms with Gasteiger partial charge in [0.15, 0.2) is 0 Å². The normalized spacial score (nSPS) is 13.9. The molecule has 0 aliphatic carbocycles. The molecule has 0 rings (SSSR count). The van der Waals surface area contributed by atoms with Gasteiger partial charge in [-0.15, -0.1) is 0 Å². The number of nitrogens with one attached hydrogen (secondary N) is 1. The first-order chi connectivity index (χ1) is 35.9. The van der Waals surface area contributed by atoms with Gasteiger partial charge in [0.2, 0.25) is 5.91 Å². The van der Waals surface area contributed by atoms with Crippen LogP contribution in [0.25, 0.3) is 0 Å². The van der Waals surface area contributed by atoms with Gasteiger partial charge in [0.1, 0.15) is 19.3 Å². The highest BCUT2D eigenvalue weighted by Gasteiger charge is 2.30. The fraction of sp³-hybridized carbons (Fsp3) is 0.875. The zero-order valence-electron chi connectivity index (χ0n) is 49.9. The fourth-order valence-corrected chi connectivity index (χ4v) is 10.1. The van der Waals surface area contributed by atoms with E-state index in [2.05, 4.69) is 50.4 Å². The number of carbonyl (C=O) groups is 2. The van der Waals surface area contributed by atoms with Crippen molar-refractivity contribution in [1.82, 2.24) is 5.32 Å². The topological polar surface area (TPSA) is 111 Å². The van der Waals surface area contributed by atoms with E-state index in [9.17, 15) is 19.0 Å². The van der Waals surface area contributed by atoms with Crippen molar-refractivity contribution in [3.63, 3.8) is 0 Å². The minimum absolute atomic E-state index is 0.0394. The molecule has 0 fully saturated rings. The Kier molecular flexibility index (Phi) is 53.3. The van der Waals surface area contributed by atoms with Crippen LogP contribution in [-0.2, 0) is 27.9 Å². The third-order valence-electron chi connectivity index (χ3n) is 14.3. The van der Waals surface area contributed by atoms with Gasteiger partial charge in [-0.2, -0.15) is 0 Å². The van der Waals surface area contributed by atoms with E-state index >= 15 is 0 Å². The molecule has 1 amide bonds. The summed E-state index contributed by atoms with van der Waals surface area (Å²) in [7, 11) is 1.50. The van der Waals surface area contributed by atoms with Gasteiger partial charge in [0.05, 0.1) is 33.8 Å². The number of carbonyl (C=O) groups excluding carboxylic acids is 2. The van der Waals surface area contributed by atoms with Crippen LogP contribution >= 0.6 is 7.82 Å². The highest BCUT2D eigenvalue weighted by atomic mass is 31.2. The summed E-state index contributed by atoms with van der Waals surface area (Å²) >= 11 is 0. The van der Waals surface area contributed by atoms with Gasteiger partial charge in [-0.1, -0.05) is 250 Å². The molecule has 3 atom stereocenters. The number of phosphoric acid groups is 1. The van der Waals surface area contributed by atoms with E-state index < -0.39 is 20.0 Å². The van der Waals surface area contributed by atoms with Crippen LogP contribution in [0.4, 0.5) is 0 Å². The maximum Gasteiger partial charge on any atom is 0.472 e. The summed E-state index contributed by atoms with van der Waals surface area (Å²) < 4.78 is 30.7. The number of hydrogen-bond donors (Lipinski definition) is 2. The number of quaternary nitrogens is 1. The van der Waals surface area contributed by atoms with Crippen LogP contribution in [0.2, 0.25) is 0 Å². The molecule has 0 bridgehead atoms. The summed E-state index contributed by atoms with van der Waals surface area (Å²) in [4.78, 5) is 37.7. The van der Waals surface area contributed by atoms with Gasteiger partial charge >= 0.3 is 13.8 Å². The van der Waals surface area contributed by atoms with Crippen LogP contribution in [0.5, 0.6) is 0 Å². The number of hydrogen-bond acceptors (Lipinski definition) is 6. The van der Waals surface area contributed by atoms with E-state index in [0.717, 1.165) is 70.6 Å². The number of ether oxygens (including phenoxy) is 1. The number of likely N-dealkylation sites (N-methyl/N-ethyl adjacent to an activating group) is 1. The Morgan fingerprint density at radius 2 is 0.784 bits per heavy atom. The number of nitrogens with zero attached hydrogens (tertiary/aromatic N) is 1. The molecule has 0 radical (unpaired) electrons. The molecule has 436 valence electrons. The smallest absolute Gasteiger partial charge is 0.456 e. The van der Waals surface area contributed by atoms with E-state index in [4.69, 9.17) is 13.8 Å². The highest BCUT2D eigenvalue weighted by molar-refractivity contribution is 7.47. The quantitative estimate of drug-likeness (QED) is 0.0205. The second-order valence-corrected chi connectivity index (χ2v) is 24.4. The summed E-state index contributed by atoms with van der Waals surface area (Å²) in [6, 6.07) is -0.852. The molecular formula is C64H124N2O7P+. The summed E-state index contributed by atoms with van der Waals surface area (Å²) in [5, 5.41) is 3.05. The predicted molar refractivity (Wildman–Crippen MR) is 319 cm³/mol. The molecule has 10 heteroatoms. The molecule has 0 saturated heterocycles. The zero-order valence-corrected chi connectivity index (χ0v) is 50.7. The van der Waals surface area contributed by atoms with Crippen molar-refractivity contribution in [3.05, 3.63) is 36.5 Å². The Labute approximate surface area is 459 Å². The lowest BCUT2D eigenvalue weighted by atomic mass is 10.0. The number of amides is 1. The third kappa shape index (κ3) is 55.0. The van der Waals surface area contributed by atoms with E-state index in [1.54, 1.807) is 0 Å². The molecule has 0 aliphatic rings. The molecule has 3 unspecified atom stereocenters. The molecule has 0 saturated carbocycles. The first kappa shape index (κ1) is 72.2. The molecule has 9 nitrogen and oxygen atoms in total. The predicted octanol–water partition coefficient (Wildman–Crippen LogP) is 19.5. The van der Waals surface area contributed by atoms with Gasteiger partial charge in [-0.05, 0) is 83.1 Å². The molecular weight excluding hydrogens is 940 g/mol. The average Bonchev–Trinajstić information content (AvgIpc) is 3.36. The van der Waals surface area contributed by atoms with Crippen LogP contribution in [0.15, 0.2) is 36.5 Å². The van der Waals surface area contributed by atoms with Crippen molar-refractivity contribution in [1.29, 1.82) is 0 Å². The second-order valence-electron chi connectivity index (χ2n) is 22.9. The molecule has 0 spiro atoms. The Balaban J connectivity index is 5.13. The molecule has 0 aromatic heterocycles. The zero-order chi connectivity index (χ0) is 54.3. The van der Waals surface area contributed by atoms with Gasteiger partial charge < -0.3 is 19.4 Å². The van der Waals surface area contributed by atoms with E-state index in [0.29, 0.717) is 23.9 Å². The number of phosphoric ester groups is 1. The Bertz CT molecular complexity index is 1360. The summed E-state index contributed by atoms with van der Waals surface area (Å²) in [6.45, 7) is 7.02. The minimum Gasteiger partial charge on any atom is -0.456 e. The van der Waals surface area contributed by atoms with Crippen LogP contribution in [0.1, 0.15) is 310 Å². The number of esters is 1. The van der Waals surface area contributed by atoms with Gasteiger partial charge in [0, 0.05) is 12.8 Å². The Hall–Kier alpha value is -1.77. The molecule has 2 N–H and O–H groups in total. The lowest BCUT2D eigenvalue weighted by molar-refractivity contribution is -0.870. The minimum atomic E-state index is -4.45. The van der Waals surface area contributed by atoms with Crippen molar-refractivity contribution < 1.29 is 37.3 Å². The fourth-order valence-electron chi connectivity index (χ4n) is 9.34. The molecule has 0 aliphatic heterocycles. The highest BCUT2D eigenvalue weighted by Crippen LogP contribution is 2.43.